The first-order valence-electron chi connectivity index (χ1n) is 11.0. The smallest absolute Gasteiger partial charge is 0.225 e. The Morgan fingerprint density at radius 1 is 0.914 bits per heavy atom. The van der Waals surface area contributed by atoms with Crippen LogP contribution in [0.5, 0.6) is 17.2 Å². The molecule has 0 saturated heterocycles. The summed E-state index contributed by atoms with van der Waals surface area (Å²) in [6.07, 6.45) is 0.284. The van der Waals surface area contributed by atoms with E-state index in [1.54, 1.807) is 25.3 Å². The molecule has 0 spiro atoms. The minimum Gasteiger partial charge on any atom is -0.497 e. The minimum atomic E-state index is -0.112. The van der Waals surface area contributed by atoms with Crippen LogP contribution in [0.4, 0.5) is 5.69 Å². The predicted molar refractivity (Wildman–Crippen MR) is 138 cm³/mol. The number of benzene rings is 3. The van der Waals surface area contributed by atoms with Crippen LogP contribution in [0.15, 0.2) is 96.0 Å². The quantitative estimate of drug-likeness (QED) is 0.273. The molecule has 0 saturated carbocycles. The number of anilines is 1. The number of nitriles is 1. The van der Waals surface area contributed by atoms with E-state index in [1.165, 1.54) is 11.8 Å². The predicted octanol–water partition coefficient (Wildman–Crippen LogP) is 6.54. The van der Waals surface area contributed by atoms with Crippen LogP contribution in [-0.2, 0) is 4.79 Å². The van der Waals surface area contributed by atoms with Crippen LogP contribution < -0.4 is 14.8 Å². The summed E-state index contributed by atoms with van der Waals surface area (Å²) >= 11 is 1.39. The second kappa shape index (κ2) is 11.7. The average molecular weight is 482 g/mol. The first-order chi connectivity index (χ1) is 17.1. The summed E-state index contributed by atoms with van der Waals surface area (Å²) in [5.41, 5.74) is 2.87. The Balaban J connectivity index is 1.32. The topological polar surface area (TPSA) is 84.2 Å². The van der Waals surface area contributed by atoms with E-state index in [0.717, 1.165) is 22.8 Å². The number of carbonyl (C=O) groups excluding carboxylic acids is 1. The van der Waals surface area contributed by atoms with Gasteiger partial charge in [0.2, 0.25) is 5.91 Å². The molecule has 0 fully saturated rings. The maximum atomic E-state index is 12.4. The molecule has 0 aliphatic carbocycles. The number of methoxy groups -OCH3 is 1. The number of thioether (sulfide) groups is 1. The Hall–Kier alpha value is -4.28. The van der Waals surface area contributed by atoms with E-state index in [2.05, 4.69) is 16.4 Å². The Kier molecular flexibility index (Phi) is 8.00. The monoisotopic (exact) mass is 481 g/mol. The number of aromatic nitrogens is 1. The second-order valence-corrected chi connectivity index (χ2v) is 8.56. The van der Waals surface area contributed by atoms with Crippen LogP contribution in [0.2, 0.25) is 0 Å². The molecular formula is C28H23N3O3S. The van der Waals surface area contributed by atoms with Crippen molar-refractivity contribution in [2.45, 2.75) is 11.4 Å². The molecule has 0 atom stereocenters. The van der Waals surface area contributed by atoms with Gasteiger partial charge >= 0.3 is 0 Å². The van der Waals surface area contributed by atoms with E-state index in [9.17, 15) is 10.1 Å². The summed E-state index contributed by atoms with van der Waals surface area (Å²) < 4.78 is 11.0. The van der Waals surface area contributed by atoms with Gasteiger partial charge in [-0.25, -0.2) is 4.98 Å². The van der Waals surface area contributed by atoms with E-state index >= 15 is 0 Å². The maximum Gasteiger partial charge on any atom is 0.225 e. The highest BCUT2D eigenvalue weighted by Crippen LogP contribution is 2.27. The maximum absolute atomic E-state index is 12.4. The molecule has 4 aromatic rings. The number of carbonyl (C=O) groups is 1. The number of pyridine rings is 1. The van der Waals surface area contributed by atoms with E-state index < -0.39 is 0 Å². The third kappa shape index (κ3) is 6.62. The highest BCUT2D eigenvalue weighted by molar-refractivity contribution is 7.99. The normalized spacial score (nSPS) is 10.3. The van der Waals surface area contributed by atoms with Crippen molar-refractivity contribution in [3.63, 3.8) is 0 Å². The van der Waals surface area contributed by atoms with Crippen molar-refractivity contribution in [2.75, 3.05) is 18.2 Å². The van der Waals surface area contributed by atoms with Crippen molar-refractivity contribution in [3.05, 3.63) is 96.6 Å². The molecule has 1 heterocycles. The zero-order valence-corrected chi connectivity index (χ0v) is 19.9. The number of hydrogen-bond acceptors (Lipinski definition) is 6. The fraction of sp³-hybridized carbons (Fsp3) is 0.107. The summed E-state index contributed by atoms with van der Waals surface area (Å²) in [7, 11) is 1.62. The molecule has 1 aromatic heterocycles. The van der Waals surface area contributed by atoms with Gasteiger partial charge in [0.15, 0.2) is 0 Å². The van der Waals surface area contributed by atoms with Gasteiger partial charge in [0.1, 0.15) is 28.3 Å². The van der Waals surface area contributed by atoms with Crippen molar-refractivity contribution >= 4 is 23.4 Å². The van der Waals surface area contributed by atoms with Crippen molar-refractivity contribution < 1.29 is 14.3 Å². The third-order valence-electron chi connectivity index (χ3n) is 5.05. The molecule has 35 heavy (non-hydrogen) atoms. The molecule has 0 unspecified atom stereocenters. The van der Waals surface area contributed by atoms with Crippen LogP contribution in [0.3, 0.4) is 0 Å². The SMILES string of the molecule is COc1ccc(-c2ccc(C#N)c(SCCC(=O)Nc3ccc(Oc4ccccc4)cc3)n2)cc1. The average Bonchev–Trinajstić information content (AvgIpc) is 2.90. The summed E-state index contributed by atoms with van der Waals surface area (Å²) in [5.74, 6) is 2.59. The standard InChI is InChI=1S/C28H23N3O3S/c1-33-23-12-7-20(8-13-23)26-16-9-21(19-29)28(31-26)35-18-17-27(32)30-22-10-14-25(15-11-22)34-24-5-3-2-4-6-24/h2-16H,17-18H2,1H3,(H,30,32). The minimum absolute atomic E-state index is 0.112. The molecule has 1 amide bonds. The van der Waals surface area contributed by atoms with Gasteiger partial charge in [0, 0.05) is 23.4 Å². The summed E-state index contributed by atoms with van der Waals surface area (Å²) in [6.45, 7) is 0. The third-order valence-corrected chi connectivity index (χ3v) is 6.04. The van der Waals surface area contributed by atoms with Crippen molar-refractivity contribution in [1.29, 1.82) is 5.26 Å². The first kappa shape index (κ1) is 23.9. The van der Waals surface area contributed by atoms with Crippen LogP contribution in [0.1, 0.15) is 12.0 Å². The van der Waals surface area contributed by atoms with Crippen LogP contribution in [0.25, 0.3) is 11.3 Å². The zero-order valence-electron chi connectivity index (χ0n) is 19.1. The largest absolute Gasteiger partial charge is 0.497 e. The number of ether oxygens (including phenoxy) is 2. The van der Waals surface area contributed by atoms with Crippen molar-refractivity contribution in [3.8, 4) is 34.6 Å². The van der Waals surface area contributed by atoms with E-state index in [0.29, 0.717) is 27.8 Å². The molecule has 1 N–H and O–H groups in total. The number of hydrogen-bond donors (Lipinski definition) is 1. The lowest BCUT2D eigenvalue weighted by atomic mass is 10.1. The summed E-state index contributed by atoms with van der Waals surface area (Å²) in [5, 5.41) is 13.0. The molecule has 3 aromatic carbocycles. The molecule has 7 heteroatoms. The van der Waals surface area contributed by atoms with Gasteiger partial charge < -0.3 is 14.8 Å². The van der Waals surface area contributed by atoms with Gasteiger partial charge in [-0.05, 0) is 72.8 Å². The van der Waals surface area contributed by atoms with Crippen LogP contribution >= 0.6 is 11.8 Å². The van der Waals surface area contributed by atoms with E-state index in [4.69, 9.17) is 9.47 Å². The molecule has 0 aliphatic heterocycles. The lowest BCUT2D eigenvalue weighted by molar-refractivity contribution is -0.115. The van der Waals surface area contributed by atoms with Gasteiger partial charge in [-0.1, -0.05) is 18.2 Å². The summed E-state index contributed by atoms with van der Waals surface area (Å²) in [6, 6.07) is 30.1. The molecule has 6 nitrogen and oxygen atoms in total. The van der Waals surface area contributed by atoms with Gasteiger partial charge in [0.05, 0.1) is 18.4 Å². The Bertz CT molecular complexity index is 1320. The Morgan fingerprint density at radius 2 is 1.60 bits per heavy atom. The number of amides is 1. The van der Waals surface area contributed by atoms with Crippen LogP contribution in [0, 0.1) is 11.3 Å². The fourth-order valence-corrected chi connectivity index (χ4v) is 4.17. The molecule has 0 aliphatic rings. The Morgan fingerprint density at radius 3 is 2.29 bits per heavy atom. The fourth-order valence-electron chi connectivity index (χ4n) is 3.25. The highest BCUT2D eigenvalue weighted by atomic mass is 32.2. The zero-order chi connectivity index (χ0) is 24.5. The highest BCUT2D eigenvalue weighted by Gasteiger charge is 2.10. The van der Waals surface area contributed by atoms with Gasteiger partial charge in [-0.2, -0.15) is 5.26 Å². The van der Waals surface area contributed by atoms with E-state index in [-0.39, 0.29) is 12.3 Å². The van der Waals surface area contributed by atoms with Crippen molar-refractivity contribution in [1.82, 2.24) is 4.98 Å². The lowest BCUT2D eigenvalue weighted by Gasteiger charge is -2.09. The lowest BCUT2D eigenvalue weighted by Crippen LogP contribution is -2.12. The molecule has 4 rings (SSSR count). The Labute approximate surface area is 208 Å². The molecule has 0 bridgehead atoms. The molecular weight excluding hydrogens is 458 g/mol. The molecule has 174 valence electrons. The van der Waals surface area contributed by atoms with Crippen molar-refractivity contribution in [2.24, 2.45) is 0 Å². The van der Waals surface area contributed by atoms with Gasteiger partial charge in [-0.15, -0.1) is 11.8 Å². The van der Waals surface area contributed by atoms with Gasteiger partial charge in [-0.3, -0.25) is 4.79 Å². The second-order valence-electron chi connectivity index (χ2n) is 7.48. The van der Waals surface area contributed by atoms with Gasteiger partial charge in [0.25, 0.3) is 0 Å². The van der Waals surface area contributed by atoms with Crippen LogP contribution in [-0.4, -0.2) is 23.8 Å². The first-order valence-corrected chi connectivity index (χ1v) is 11.9. The number of rotatable bonds is 9. The number of nitrogens with zero attached hydrogens (tertiary/aromatic N) is 2. The van der Waals surface area contributed by atoms with E-state index in [1.807, 2.05) is 72.8 Å². The summed E-state index contributed by atoms with van der Waals surface area (Å²) in [4.78, 5) is 17.1. The number of para-hydroxylation sites is 1. The number of nitrogens with one attached hydrogen (secondary N) is 1. The molecule has 0 radical (unpaired) electrons.